The van der Waals surface area contributed by atoms with Crippen molar-refractivity contribution in [1.82, 2.24) is 0 Å². The molecule has 1 N–H and O–H groups in total. The molecule has 1 aromatic rings. The number of aliphatic carboxylic acids is 1. The molecule has 1 rings (SSSR count). The Morgan fingerprint density at radius 2 is 2.10 bits per heavy atom. The predicted molar refractivity (Wildman–Crippen MR) is 66.3 cm³/mol. The third-order valence-electron chi connectivity index (χ3n) is 2.59. The second-order valence-corrected chi connectivity index (χ2v) is 4.16. The Balaban J connectivity index is 3.36. The molecule has 0 bridgehead atoms. The third-order valence-corrected chi connectivity index (χ3v) is 2.59. The van der Waals surface area contributed by atoms with Gasteiger partial charge in [0.05, 0.1) is 22.9 Å². The van der Waals surface area contributed by atoms with Gasteiger partial charge in [-0.15, -0.1) is 0 Å². The molecule has 0 aliphatic heterocycles. The summed E-state index contributed by atoms with van der Waals surface area (Å²) in [6, 6.07) is 4.70. The molecule has 20 heavy (non-hydrogen) atoms. The van der Waals surface area contributed by atoms with Crippen LogP contribution in [0.1, 0.15) is 24.5 Å². The van der Waals surface area contributed by atoms with E-state index in [0.717, 1.165) is 23.1 Å². The highest BCUT2D eigenvalue weighted by Gasteiger charge is 2.35. The van der Waals surface area contributed by atoms with Crippen LogP contribution >= 0.6 is 0 Å². The van der Waals surface area contributed by atoms with E-state index in [1.54, 1.807) is 13.0 Å². The number of rotatable bonds is 5. The fourth-order valence-electron chi connectivity index (χ4n) is 1.82. The summed E-state index contributed by atoms with van der Waals surface area (Å²) in [6.45, 7) is 1.34. The zero-order valence-electron chi connectivity index (χ0n) is 10.7. The number of benzene rings is 1. The van der Waals surface area contributed by atoms with E-state index in [1.807, 2.05) is 0 Å². The summed E-state index contributed by atoms with van der Waals surface area (Å²) in [5.74, 6) is -1.23. The standard InChI is InChI=1S/C13H13F3N2O2/c1-2-5-18(8-12(19)20)11-6-9(7-17)3-4-10(11)13(14,15)16/h3-4,6H,2,5,8H2,1H3,(H,19,20). The number of anilines is 1. The topological polar surface area (TPSA) is 64.3 Å². The van der Waals surface area contributed by atoms with Gasteiger partial charge in [-0.2, -0.15) is 18.4 Å². The molecule has 0 saturated heterocycles. The molecule has 0 aliphatic carbocycles. The summed E-state index contributed by atoms with van der Waals surface area (Å²) in [4.78, 5) is 11.9. The maximum Gasteiger partial charge on any atom is 0.418 e. The molecule has 0 atom stereocenters. The Kier molecular flexibility index (Phi) is 4.97. The first-order valence-corrected chi connectivity index (χ1v) is 5.87. The lowest BCUT2D eigenvalue weighted by molar-refractivity contribution is -0.138. The van der Waals surface area contributed by atoms with Gasteiger partial charge < -0.3 is 10.0 Å². The van der Waals surface area contributed by atoms with Crippen molar-refractivity contribution in [3.63, 3.8) is 0 Å². The Morgan fingerprint density at radius 1 is 1.45 bits per heavy atom. The van der Waals surface area contributed by atoms with Gasteiger partial charge in [0.25, 0.3) is 0 Å². The van der Waals surface area contributed by atoms with Crippen LogP contribution in [-0.2, 0) is 11.0 Å². The van der Waals surface area contributed by atoms with E-state index >= 15 is 0 Å². The van der Waals surface area contributed by atoms with Crippen LogP contribution in [-0.4, -0.2) is 24.2 Å². The summed E-state index contributed by atoms with van der Waals surface area (Å²) in [7, 11) is 0. The van der Waals surface area contributed by atoms with E-state index in [-0.39, 0.29) is 17.8 Å². The van der Waals surface area contributed by atoms with E-state index in [2.05, 4.69) is 0 Å². The molecule has 0 aromatic heterocycles. The number of hydrogen-bond donors (Lipinski definition) is 1. The van der Waals surface area contributed by atoms with E-state index in [0.29, 0.717) is 6.42 Å². The highest BCUT2D eigenvalue weighted by molar-refractivity contribution is 5.75. The highest BCUT2D eigenvalue weighted by Crippen LogP contribution is 2.37. The molecule has 0 unspecified atom stereocenters. The van der Waals surface area contributed by atoms with Crippen molar-refractivity contribution < 1.29 is 23.1 Å². The molecular weight excluding hydrogens is 273 g/mol. The van der Waals surface area contributed by atoms with Crippen LogP contribution in [0.5, 0.6) is 0 Å². The second kappa shape index (κ2) is 6.28. The number of hydrogen-bond acceptors (Lipinski definition) is 3. The van der Waals surface area contributed by atoms with Crippen molar-refractivity contribution in [2.75, 3.05) is 18.0 Å². The molecule has 0 spiro atoms. The van der Waals surface area contributed by atoms with Crippen LogP contribution in [0.2, 0.25) is 0 Å². The molecular formula is C13H13F3N2O2. The van der Waals surface area contributed by atoms with Crippen molar-refractivity contribution in [2.45, 2.75) is 19.5 Å². The molecule has 0 heterocycles. The van der Waals surface area contributed by atoms with Crippen LogP contribution in [0.15, 0.2) is 18.2 Å². The number of carboxylic acid groups (broad SMARTS) is 1. The van der Waals surface area contributed by atoms with E-state index < -0.39 is 24.3 Å². The SMILES string of the molecule is CCCN(CC(=O)O)c1cc(C#N)ccc1C(F)(F)F. The summed E-state index contributed by atoms with van der Waals surface area (Å²) < 4.78 is 38.9. The van der Waals surface area contributed by atoms with Gasteiger partial charge in [-0.3, -0.25) is 4.79 Å². The smallest absolute Gasteiger partial charge is 0.418 e. The van der Waals surface area contributed by atoms with Crippen molar-refractivity contribution >= 4 is 11.7 Å². The summed E-state index contributed by atoms with van der Waals surface area (Å²) in [5, 5.41) is 17.6. The van der Waals surface area contributed by atoms with Gasteiger partial charge in [-0.25, -0.2) is 0 Å². The molecule has 7 heteroatoms. The van der Waals surface area contributed by atoms with E-state index in [1.165, 1.54) is 0 Å². The molecule has 0 saturated carbocycles. The number of halogens is 3. The van der Waals surface area contributed by atoms with Crippen molar-refractivity contribution in [2.24, 2.45) is 0 Å². The Morgan fingerprint density at radius 3 is 2.55 bits per heavy atom. The maximum absolute atomic E-state index is 13.0. The lowest BCUT2D eigenvalue weighted by Crippen LogP contribution is -2.32. The molecule has 1 aromatic carbocycles. The van der Waals surface area contributed by atoms with E-state index in [4.69, 9.17) is 10.4 Å². The molecule has 4 nitrogen and oxygen atoms in total. The molecule has 0 fully saturated rings. The molecule has 108 valence electrons. The Hall–Kier alpha value is -2.23. The summed E-state index contributed by atoms with van der Waals surface area (Å²) in [5.41, 5.74) is -1.16. The average molecular weight is 286 g/mol. The first-order valence-electron chi connectivity index (χ1n) is 5.87. The van der Waals surface area contributed by atoms with Crippen LogP contribution in [0, 0.1) is 11.3 Å². The molecule has 0 radical (unpaired) electrons. The minimum absolute atomic E-state index is 0.0551. The average Bonchev–Trinajstić information content (AvgIpc) is 2.36. The van der Waals surface area contributed by atoms with Gasteiger partial charge >= 0.3 is 12.1 Å². The lowest BCUT2D eigenvalue weighted by atomic mass is 10.1. The maximum atomic E-state index is 13.0. The van der Waals surface area contributed by atoms with Gasteiger partial charge in [0, 0.05) is 6.54 Å². The number of nitriles is 1. The minimum Gasteiger partial charge on any atom is -0.480 e. The Bertz CT molecular complexity index is 535. The van der Waals surface area contributed by atoms with Gasteiger partial charge in [-0.05, 0) is 24.6 Å². The van der Waals surface area contributed by atoms with Crippen molar-refractivity contribution in [3.8, 4) is 6.07 Å². The fraction of sp³-hybridized carbons (Fsp3) is 0.385. The summed E-state index contributed by atoms with van der Waals surface area (Å²) >= 11 is 0. The number of alkyl halides is 3. The predicted octanol–water partition coefficient (Wildman–Crippen LogP) is 2.88. The highest BCUT2D eigenvalue weighted by atomic mass is 19.4. The number of nitrogens with zero attached hydrogens (tertiary/aromatic N) is 2. The number of carbonyl (C=O) groups is 1. The second-order valence-electron chi connectivity index (χ2n) is 4.16. The monoisotopic (exact) mass is 286 g/mol. The first kappa shape index (κ1) is 15.8. The third kappa shape index (κ3) is 3.88. The van der Waals surface area contributed by atoms with Crippen LogP contribution in [0.4, 0.5) is 18.9 Å². The lowest BCUT2D eigenvalue weighted by Gasteiger charge is -2.26. The van der Waals surface area contributed by atoms with Gasteiger partial charge in [0.2, 0.25) is 0 Å². The zero-order chi connectivity index (χ0) is 15.3. The summed E-state index contributed by atoms with van der Waals surface area (Å²) in [6.07, 6.45) is -4.12. The zero-order valence-corrected chi connectivity index (χ0v) is 10.7. The molecule has 0 aliphatic rings. The van der Waals surface area contributed by atoms with Crippen molar-refractivity contribution in [1.29, 1.82) is 5.26 Å². The van der Waals surface area contributed by atoms with Crippen LogP contribution in [0.3, 0.4) is 0 Å². The van der Waals surface area contributed by atoms with Gasteiger partial charge in [0.15, 0.2) is 0 Å². The number of carboxylic acids is 1. The van der Waals surface area contributed by atoms with Crippen molar-refractivity contribution in [3.05, 3.63) is 29.3 Å². The quantitative estimate of drug-likeness (QED) is 0.904. The van der Waals surface area contributed by atoms with Crippen LogP contribution in [0.25, 0.3) is 0 Å². The van der Waals surface area contributed by atoms with Crippen LogP contribution < -0.4 is 4.90 Å². The van der Waals surface area contributed by atoms with Gasteiger partial charge in [0.1, 0.15) is 6.54 Å². The first-order chi connectivity index (χ1) is 9.29. The molecule has 0 amide bonds. The minimum atomic E-state index is -4.60. The fourth-order valence-corrected chi connectivity index (χ4v) is 1.82. The normalized spacial score (nSPS) is 10.9. The van der Waals surface area contributed by atoms with E-state index in [9.17, 15) is 18.0 Å². The van der Waals surface area contributed by atoms with Gasteiger partial charge in [-0.1, -0.05) is 6.92 Å². The largest absolute Gasteiger partial charge is 0.480 e. The Labute approximate surface area is 114 Å².